The minimum Gasteiger partial charge on any atom is -0.342 e. The van der Waals surface area contributed by atoms with Gasteiger partial charge in [-0.1, -0.05) is 35.3 Å². The van der Waals surface area contributed by atoms with Gasteiger partial charge in [0.25, 0.3) is 5.91 Å². The maximum absolute atomic E-state index is 12.2. The summed E-state index contributed by atoms with van der Waals surface area (Å²) >= 11 is 11.8. The van der Waals surface area contributed by atoms with Gasteiger partial charge in [-0.25, -0.2) is 0 Å². The van der Waals surface area contributed by atoms with Crippen LogP contribution in [0.25, 0.3) is 0 Å². The third-order valence-electron chi connectivity index (χ3n) is 3.32. The molecule has 2 amide bonds. The summed E-state index contributed by atoms with van der Waals surface area (Å²) in [4.78, 5) is 25.1. The molecule has 2 aromatic carbocycles. The number of carbonyl (C=O) groups excluding carboxylic acids is 2. The summed E-state index contributed by atoms with van der Waals surface area (Å²) in [5.41, 5.74) is 2.00. The van der Waals surface area contributed by atoms with E-state index in [2.05, 4.69) is 5.32 Å². The number of amides is 2. The first-order valence-corrected chi connectivity index (χ1v) is 7.69. The number of hydrogen-bond donors (Lipinski definition) is 1. The van der Waals surface area contributed by atoms with E-state index >= 15 is 0 Å². The summed E-state index contributed by atoms with van der Waals surface area (Å²) in [6.45, 7) is 1.99. The van der Waals surface area contributed by atoms with Gasteiger partial charge < -0.3 is 10.2 Å². The Kier molecular flexibility index (Phi) is 5.64. The second kappa shape index (κ2) is 7.49. The number of nitrogens with one attached hydrogen (secondary N) is 1. The van der Waals surface area contributed by atoms with Crippen LogP contribution in [0.5, 0.6) is 0 Å². The van der Waals surface area contributed by atoms with E-state index < -0.39 is 0 Å². The quantitative estimate of drug-likeness (QED) is 0.896. The van der Waals surface area contributed by atoms with Crippen LogP contribution in [-0.4, -0.2) is 23.8 Å². The van der Waals surface area contributed by atoms with Crippen molar-refractivity contribution >= 4 is 40.7 Å². The second-order valence-corrected chi connectivity index (χ2v) is 5.97. The number of carbonyl (C=O) groups is 2. The van der Waals surface area contributed by atoms with E-state index in [-0.39, 0.29) is 11.8 Å². The predicted octanol–water partition coefficient (Wildman–Crippen LogP) is 4.22. The number of nitrogens with zero attached hydrogens (tertiary/aromatic N) is 1. The SMILES string of the molecule is CC(=O)N(C)Cc1cccc(NC(=O)c2ccc(Cl)c(Cl)c2)c1. The zero-order chi connectivity index (χ0) is 17.0. The van der Waals surface area contributed by atoms with Gasteiger partial charge in [0.1, 0.15) is 0 Å². The van der Waals surface area contributed by atoms with Crippen LogP contribution in [0.15, 0.2) is 42.5 Å². The molecule has 0 spiro atoms. The molecule has 1 N–H and O–H groups in total. The van der Waals surface area contributed by atoms with Crippen molar-refractivity contribution in [3.63, 3.8) is 0 Å². The lowest BCUT2D eigenvalue weighted by Crippen LogP contribution is -2.23. The molecule has 4 nitrogen and oxygen atoms in total. The Morgan fingerprint density at radius 1 is 1.09 bits per heavy atom. The molecule has 0 aliphatic rings. The molecule has 0 aliphatic carbocycles. The lowest BCUT2D eigenvalue weighted by atomic mass is 10.1. The number of hydrogen-bond acceptors (Lipinski definition) is 2. The van der Waals surface area contributed by atoms with Crippen molar-refractivity contribution in [3.8, 4) is 0 Å². The van der Waals surface area contributed by atoms with Crippen molar-refractivity contribution in [2.75, 3.05) is 12.4 Å². The smallest absolute Gasteiger partial charge is 0.255 e. The third kappa shape index (κ3) is 4.71. The van der Waals surface area contributed by atoms with E-state index in [1.165, 1.54) is 13.0 Å². The van der Waals surface area contributed by atoms with E-state index in [1.807, 2.05) is 18.2 Å². The highest BCUT2D eigenvalue weighted by Crippen LogP contribution is 2.23. The van der Waals surface area contributed by atoms with Crippen molar-refractivity contribution in [3.05, 3.63) is 63.6 Å². The van der Waals surface area contributed by atoms with Crippen LogP contribution in [0, 0.1) is 0 Å². The molecular weight excluding hydrogens is 335 g/mol. The Morgan fingerprint density at radius 2 is 1.83 bits per heavy atom. The van der Waals surface area contributed by atoms with E-state index in [4.69, 9.17) is 23.2 Å². The molecule has 2 rings (SSSR count). The molecule has 0 fully saturated rings. The zero-order valence-electron chi connectivity index (χ0n) is 12.8. The molecule has 0 radical (unpaired) electrons. The monoisotopic (exact) mass is 350 g/mol. The summed E-state index contributed by atoms with van der Waals surface area (Å²) < 4.78 is 0. The highest BCUT2D eigenvalue weighted by Gasteiger charge is 2.09. The van der Waals surface area contributed by atoms with Gasteiger partial charge in [0, 0.05) is 31.8 Å². The normalized spacial score (nSPS) is 10.3. The largest absolute Gasteiger partial charge is 0.342 e. The molecule has 6 heteroatoms. The average Bonchev–Trinajstić information content (AvgIpc) is 2.50. The number of anilines is 1. The van der Waals surface area contributed by atoms with Gasteiger partial charge in [0.05, 0.1) is 10.0 Å². The van der Waals surface area contributed by atoms with Crippen molar-refractivity contribution in [2.45, 2.75) is 13.5 Å². The van der Waals surface area contributed by atoms with Crippen molar-refractivity contribution < 1.29 is 9.59 Å². The molecule has 0 saturated heterocycles. The molecule has 0 aliphatic heterocycles. The molecular formula is C17H16Cl2N2O2. The summed E-state index contributed by atoms with van der Waals surface area (Å²) in [5.74, 6) is -0.295. The lowest BCUT2D eigenvalue weighted by molar-refractivity contribution is -0.128. The van der Waals surface area contributed by atoms with Crippen LogP contribution < -0.4 is 5.32 Å². The molecule has 0 heterocycles. The Bertz CT molecular complexity index is 747. The molecule has 0 unspecified atom stereocenters. The topological polar surface area (TPSA) is 49.4 Å². The van der Waals surface area contributed by atoms with Crippen LogP contribution in [0.1, 0.15) is 22.8 Å². The standard InChI is InChI=1S/C17H16Cl2N2O2/c1-11(22)21(2)10-12-4-3-5-14(8-12)20-17(23)13-6-7-15(18)16(19)9-13/h3-9H,10H2,1-2H3,(H,20,23). The Balaban J connectivity index is 2.12. The van der Waals surface area contributed by atoms with E-state index in [1.54, 1.807) is 30.1 Å². The fraction of sp³-hybridized carbons (Fsp3) is 0.176. The summed E-state index contributed by atoms with van der Waals surface area (Å²) in [6, 6.07) is 12.0. The minimum atomic E-state index is -0.277. The molecule has 0 saturated carbocycles. The van der Waals surface area contributed by atoms with E-state index in [9.17, 15) is 9.59 Å². The first kappa shape index (κ1) is 17.3. The van der Waals surface area contributed by atoms with Gasteiger partial charge in [-0.05, 0) is 35.9 Å². The maximum Gasteiger partial charge on any atom is 0.255 e. The summed E-state index contributed by atoms with van der Waals surface area (Å²) in [5, 5.41) is 3.53. The average molecular weight is 351 g/mol. The van der Waals surface area contributed by atoms with Crippen molar-refractivity contribution in [1.82, 2.24) is 4.90 Å². The van der Waals surface area contributed by atoms with Gasteiger partial charge in [0.15, 0.2) is 0 Å². The molecule has 2 aromatic rings. The van der Waals surface area contributed by atoms with Crippen LogP contribution in [0.3, 0.4) is 0 Å². The van der Waals surface area contributed by atoms with Crippen molar-refractivity contribution in [1.29, 1.82) is 0 Å². The van der Waals surface area contributed by atoms with Crippen LogP contribution >= 0.6 is 23.2 Å². The molecule has 0 aromatic heterocycles. The molecule has 23 heavy (non-hydrogen) atoms. The molecule has 0 bridgehead atoms. The predicted molar refractivity (Wildman–Crippen MR) is 93.0 cm³/mol. The maximum atomic E-state index is 12.2. The highest BCUT2D eigenvalue weighted by molar-refractivity contribution is 6.42. The van der Waals surface area contributed by atoms with Crippen LogP contribution in [0.4, 0.5) is 5.69 Å². The Morgan fingerprint density at radius 3 is 2.48 bits per heavy atom. The Hall–Kier alpha value is -2.04. The number of benzene rings is 2. The van der Waals surface area contributed by atoms with Gasteiger partial charge in [0.2, 0.25) is 5.91 Å². The van der Waals surface area contributed by atoms with Gasteiger partial charge >= 0.3 is 0 Å². The van der Waals surface area contributed by atoms with Crippen LogP contribution in [0.2, 0.25) is 10.0 Å². The fourth-order valence-corrected chi connectivity index (χ4v) is 2.27. The lowest BCUT2D eigenvalue weighted by Gasteiger charge is -2.15. The molecule has 0 atom stereocenters. The van der Waals surface area contributed by atoms with Gasteiger partial charge in [-0.2, -0.15) is 0 Å². The van der Waals surface area contributed by atoms with E-state index in [0.717, 1.165) is 5.56 Å². The highest BCUT2D eigenvalue weighted by atomic mass is 35.5. The van der Waals surface area contributed by atoms with Gasteiger partial charge in [-0.15, -0.1) is 0 Å². The fourth-order valence-electron chi connectivity index (χ4n) is 1.97. The third-order valence-corrected chi connectivity index (χ3v) is 4.06. The minimum absolute atomic E-state index is 0.0183. The first-order valence-electron chi connectivity index (χ1n) is 6.94. The number of rotatable bonds is 4. The second-order valence-electron chi connectivity index (χ2n) is 5.16. The van der Waals surface area contributed by atoms with Gasteiger partial charge in [-0.3, -0.25) is 9.59 Å². The summed E-state index contributed by atoms with van der Waals surface area (Å²) in [7, 11) is 1.73. The van der Waals surface area contributed by atoms with Crippen molar-refractivity contribution in [2.24, 2.45) is 0 Å². The Labute approximate surface area is 145 Å². The first-order chi connectivity index (χ1) is 10.9. The number of halogens is 2. The zero-order valence-corrected chi connectivity index (χ0v) is 14.3. The molecule has 120 valence electrons. The van der Waals surface area contributed by atoms with E-state index in [0.29, 0.717) is 27.8 Å². The summed E-state index contributed by atoms with van der Waals surface area (Å²) in [6.07, 6.45) is 0. The van der Waals surface area contributed by atoms with Crippen LogP contribution in [-0.2, 0) is 11.3 Å².